The summed E-state index contributed by atoms with van der Waals surface area (Å²) < 4.78 is 5.75. The zero-order valence-electron chi connectivity index (χ0n) is 17.7. The summed E-state index contributed by atoms with van der Waals surface area (Å²) in [5.74, 6) is 3.32. The summed E-state index contributed by atoms with van der Waals surface area (Å²) in [6.45, 7) is 14.6. The fourth-order valence-electron chi connectivity index (χ4n) is 2.78. The number of rotatable bonds is 12. The first-order valence-electron chi connectivity index (χ1n) is 10.3. The molecule has 0 aliphatic rings. The summed E-state index contributed by atoms with van der Waals surface area (Å²) >= 11 is 0. The molecule has 0 aliphatic heterocycles. The van der Waals surface area contributed by atoms with Crippen LogP contribution in [0.4, 0.5) is 0 Å². The van der Waals surface area contributed by atoms with Gasteiger partial charge in [-0.1, -0.05) is 60.1 Å². The lowest BCUT2D eigenvalue weighted by Gasteiger charge is -2.17. The Bertz CT molecular complexity index is 507. The molecule has 0 heterocycles. The van der Waals surface area contributed by atoms with Gasteiger partial charge in [-0.15, -0.1) is 0 Å². The van der Waals surface area contributed by atoms with Gasteiger partial charge in [-0.25, -0.2) is 0 Å². The van der Waals surface area contributed by atoms with Gasteiger partial charge in [-0.2, -0.15) is 0 Å². The number of hydrogen-bond acceptors (Lipinski definition) is 2. The Morgan fingerprint density at radius 3 is 2.15 bits per heavy atom. The summed E-state index contributed by atoms with van der Waals surface area (Å²) in [4.78, 5) is 11.8. The third-order valence-electron chi connectivity index (χ3n) is 4.70. The SMILES string of the molecule is CC(C)CNC(=O)CCC(C)CCC(C)c1ccc(OCC(C)C)cc1. The Labute approximate surface area is 160 Å². The van der Waals surface area contributed by atoms with Crippen LogP contribution in [-0.2, 0) is 4.79 Å². The van der Waals surface area contributed by atoms with Crippen molar-refractivity contribution in [2.24, 2.45) is 17.8 Å². The average Bonchev–Trinajstić information content (AvgIpc) is 2.61. The second-order valence-corrected chi connectivity index (χ2v) is 8.59. The zero-order valence-corrected chi connectivity index (χ0v) is 17.7. The lowest BCUT2D eigenvalue weighted by molar-refractivity contribution is -0.121. The number of nitrogens with one attached hydrogen (secondary N) is 1. The number of carbonyl (C=O) groups excluding carboxylic acids is 1. The van der Waals surface area contributed by atoms with E-state index in [4.69, 9.17) is 4.74 Å². The third-order valence-corrected chi connectivity index (χ3v) is 4.70. The van der Waals surface area contributed by atoms with E-state index >= 15 is 0 Å². The van der Waals surface area contributed by atoms with Crippen LogP contribution in [-0.4, -0.2) is 19.1 Å². The fraction of sp³-hybridized carbons (Fsp3) is 0.696. The molecule has 3 nitrogen and oxygen atoms in total. The van der Waals surface area contributed by atoms with E-state index in [1.54, 1.807) is 0 Å². The smallest absolute Gasteiger partial charge is 0.220 e. The van der Waals surface area contributed by atoms with E-state index in [-0.39, 0.29) is 5.91 Å². The number of hydrogen-bond donors (Lipinski definition) is 1. The average molecular weight is 362 g/mol. The quantitative estimate of drug-likeness (QED) is 0.511. The van der Waals surface area contributed by atoms with Gasteiger partial charge in [0.05, 0.1) is 6.61 Å². The van der Waals surface area contributed by atoms with Gasteiger partial charge in [-0.3, -0.25) is 4.79 Å². The van der Waals surface area contributed by atoms with Gasteiger partial charge in [0.25, 0.3) is 0 Å². The van der Waals surface area contributed by atoms with Gasteiger partial charge in [0.15, 0.2) is 0 Å². The molecule has 3 heteroatoms. The molecule has 1 aromatic rings. The number of ether oxygens (including phenoxy) is 1. The Hall–Kier alpha value is -1.51. The monoisotopic (exact) mass is 361 g/mol. The van der Waals surface area contributed by atoms with Gasteiger partial charge in [0.2, 0.25) is 5.91 Å². The summed E-state index contributed by atoms with van der Waals surface area (Å²) in [6, 6.07) is 8.53. The maximum atomic E-state index is 11.8. The van der Waals surface area contributed by atoms with Gasteiger partial charge in [0.1, 0.15) is 5.75 Å². The highest BCUT2D eigenvalue weighted by molar-refractivity contribution is 5.75. The molecule has 0 bridgehead atoms. The van der Waals surface area contributed by atoms with Crippen LogP contribution in [0, 0.1) is 17.8 Å². The molecule has 1 N–H and O–H groups in total. The molecule has 0 aromatic heterocycles. The molecule has 2 unspecified atom stereocenters. The van der Waals surface area contributed by atoms with Crippen molar-refractivity contribution in [3.8, 4) is 5.75 Å². The van der Waals surface area contributed by atoms with Gasteiger partial charge < -0.3 is 10.1 Å². The highest BCUT2D eigenvalue weighted by Crippen LogP contribution is 2.26. The molecule has 0 saturated carbocycles. The fourth-order valence-corrected chi connectivity index (χ4v) is 2.78. The molecule has 0 radical (unpaired) electrons. The van der Waals surface area contributed by atoms with Crippen molar-refractivity contribution < 1.29 is 9.53 Å². The van der Waals surface area contributed by atoms with Crippen LogP contribution < -0.4 is 10.1 Å². The molecule has 0 saturated heterocycles. The van der Waals surface area contributed by atoms with E-state index in [1.807, 2.05) is 0 Å². The molecule has 1 rings (SSSR count). The van der Waals surface area contributed by atoms with E-state index in [1.165, 1.54) is 5.56 Å². The zero-order chi connectivity index (χ0) is 19.5. The first-order chi connectivity index (χ1) is 12.3. The van der Waals surface area contributed by atoms with Crippen molar-refractivity contribution in [2.75, 3.05) is 13.2 Å². The molecule has 2 atom stereocenters. The molecule has 0 spiro atoms. The maximum absolute atomic E-state index is 11.8. The van der Waals surface area contributed by atoms with E-state index in [0.717, 1.165) is 38.2 Å². The first kappa shape index (κ1) is 22.5. The van der Waals surface area contributed by atoms with Crippen LogP contribution in [0.15, 0.2) is 24.3 Å². The minimum Gasteiger partial charge on any atom is -0.493 e. The second kappa shape index (κ2) is 12.0. The van der Waals surface area contributed by atoms with Crippen LogP contribution >= 0.6 is 0 Å². The lowest BCUT2D eigenvalue weighted by atomic mass is 9.90. The van der Waals surface area contributed by atoms with E-state index in [9.17, 15) is 4.79 Å². The maximum Gasteiger partial charge on any atom is 0.220 e. The molecule has 1 aromatic carbocycles. The van der Waals surface area contributed by atoms with Crippen molar-refractivity contribution in [1.82, 2.24) is 5.32 Å². The lowest BCUT2D eigenvalue weighted by Crippen LogP contribution is -2.27. The van der Waals surface area contributed by atoms with Crippen molar-refractivity contribution in [3.05, 3.63) is 29.8 Å². The van der Waals surface area contributed by atoms with Crippen molar-refractivity contribution in [2.45, 2.75) is 73.1 Å². The summed E-state index contributed by atoms with van der Waals surface area (Å²) in [5.41, 5.74) is 1.36. The minimum atomic E-state index is 0.190. The predicted molar refractivity (Wildman–Crippen MR) is 111 cm³/mol. The standard InChI is InChI=1S/C23H39NO2/c1-17(2)15-24-23(25)14-8-19(5)7-9-20(6)21-10-12-22(13-11-21)26-16-18(3)4/h10-13,17-20H,7-9,14-16H2,1-6H3,(H,24,25). The van der Waals surface area contributed by atoms with E-state index in [2.05, 4.69) is 71.1 Å². The second-order valence-electron chi connectivity index (χ2n) is 8.59. The molecular formula is C23H39NO2. The highest BCUT2D eigenvalue weighted by Gasteiger charge is 2.11. The number of benzene rings is 1. The van der Waals surface area contributed by atoms with Crippen LogP contribution in [0.1, 0.15) is 78.7 Å². The van der Waals surface area contributed by atoms with Crippen molar-refractivity contribution >= 4 is 5.91 Å². The largest absolute Gasteiger partial charge is 0.493 e. The van der Waals surface area contributed by atoms with E-state index < -0.39 is 0 Å². The first-order valence-corrected chi connectivity index (χ1v) is 10.3. The normalized spacial score (nSPS) is 13.7. The molecule has 0 aliphatic carbocycles. The third kappa shape index (κ3) is 9.84. The van der Waals surface area contributed by atoms with Gasteiger partial charge in [-0.05, 0) is 54.2 Å². The summed E-state index contributed by atoms with van der Waals surface area (Å²) in [6.07, 6.45) is 3.92. The number of carbonyl (C=O) groups is 1. The Balaban J connectivity index is 2.29. The van der Waals surface area contributed by atoms with Crippen molar-refractivity contribution in [1.29, 1.82) is 0 Å². The van der Waals surface area contributed by atoms with Crippen molar-refractivity contribution in [3.63, 3.8) is 0 Å². The van der Waals surface area contributed by atoms with E-state index in [0.29, 0.717) is 30.1 Å². The number of amides is 1. The van der Waals surface area contributed by atoms with Gasteiger partial charge >= 0.3 is 0 Å². The van der Waals surface area contributed by atoms with Crippen LogP contribution in [0.3, 0.4) is 0 Å². The molecule has 26 heavy (non-hydrogen) atoms. The van der Waals surface area contributed by atoms with Crippen LogP contribution in [0.5, 0.6) is 5.75 Å². The topological polar surface area (TPSA) is 38.3 Å². The molecule has 1 amide bonds. The molecule has 148 valence electrons. The molecule has 0 fully saturated rings. The van der Waals surface area contributed by atoms with Gasteiger partial charge in [0, 0.05) is 13.0 Å². The minimum absolute atomic E-state index is 0.190. The summed E-state index contributed by atoms with van der Waals surface area (Å²) in [5, 5.41) is 3.00. The predicted octanol–water partition coefficient (Wildman–Crippen LogP) is 5.79. The summed E-state index contributed by atoms with van der Waals surface area (Å²) in [7, 11) is 0. The Morgan fingerprint density at radius 1 is 0.923 bits per heavy atom. The highest BCUT2D eigenvalue weighted by atomic mass is 16.5. The Kier molecular flexibility index (Phi) is 10.4. The Morgan fingerprint density at radius 2 is 1.58 bits per heavy atom. The van der Waals surface area contributed by atoms with Crippen LogP contribution in [0.25, 0.3) is 0 Å². The molecular weight excluding hydrogens is 322 g/mol. The van der Waals surface area contributed by atoms with Crippen LogP contribution in [0.2, 0.25) is 0 Å².